The van der Waals surface area contributed by atoms with E-state index in [0.717, 1.165) is 33.9 Å². The zero-order chi connectivity index (χ0) is 22.2. The number of furan rings is 1. The van der Waals surface area contributed by atoms with Crippen molar-refractivity contribution in [2.24, 2.45) is 0 Å². The fourth-order valence-electron chi connectivity index (χ4n) is 3.16. The number of hydrogen-bond acceptors (Lipinski definition) is 4. The van der Waals surface area contributed by atoms with E-state index in [2.05, 4.69) is 0 Å². The molecule has 0 bridgehead atoms. The van der Waals surface area contributed by atoms with Crippen molar-refractivity contribution in [3.05, 3.63) is 88.0 Å². The highest BCUT2D eigenvalue weighted by Gasteiger charge is 2.36. The Balaban J connectivity index is 1.57. The van der Waals surface area contributed by atoms with Crippen molar-refractivity contribution in [2.75, 3.05) is 0 Å². The van der Waals surface area contributed by atoms with E-state index in [1.54, 1.807) is 0 Å². The summed E-state index contributed by atoms with van der Waals surface area (Å²) in [6, 6.07) is 15.5. The SMILES string of the molecule is Cc1ccc(CN2C(=O)S/C(=C\c3ccc(-c4ccccc4C(F)(F)F)o3)C2=O)cc1. The molecule has 0 saturated carbocycles. The highest BCUT2D eigenvalue weighted by atomic mass is 32.2. The van der Waals surface area contributed by atoms with Crippen molar-refractivity contribution in [2.45, 2.75) is 19.6 Å². The molecule has 158 valence electrons. The third kappa shape index (κ3) is 4.44. The molecule has 8 heteroatoms. The Morgan fingerprint density at radius 2 is 1.71 bits per heavy atom. The van der Waals surface area contributed by atoms with Gasteiger partial charge in [0.1, 0.15) is 11.5 Å². The summed E-state index contributed by atoms with van der Waals surface area (Å²) in [6.07, 6.45) is -3.15. The number of carbonyl (C=O) groups is 2. The number of hydrogen-bond donors (Lipinski definition) is 0. The molecule has 0 unspecified atom stereocenters. The minimum atomic E-state index is -4.53. The molecule has 0 radical (unpaired) electrons. The number of alkyl halides is 3. The van der Waals surface area contributed by atoms with E-state index < -0.39 is 22.9 Å². The fourth-order valence-corrected chi connectivity index (χ4v) is 3.98. The Labute approximate surface area is 180 Å². The Bertz CT molecular complexity index is 1180. The van der Waals surface area contributed by atoms with Crippen LogP contribution in [-0.4, -0.2) is 16.0 Å². The number of aryl methyl sites for hydroxylation is 1. The van der Waals surface area contributed by atoms with Gasteiger partial charge in [-0.3, -0.25) is 14.5 Å². The van der Waals surface area contributed by atoms with Gasteiger partial charge in [0.25, 0.3) is 11.1 Å². The molecule has 1 fully saturated rings. The third-order valence-electron chi connectivity index (χ3n) is 4.73. The first-order valence-electron chi connectivity index (χ1n) is 9.30. The lowest BCUT2D eigenvalue weighted by molar-refractivity contribution is -0.137. The molecule has 2 aromatic carbocycles. The molecule has 0 aliphatic carbocycles. The lowest BCUT2D eigenvalue weighted by atomic mass is 10.1. The van der Waals surface area contributed by atoms with Gasteiger partial charge in [0.15, 0.2) is 0 Å². The summed E-state index contributed by atoms with van der Waals surface area (Å²) in [5.41, 5.74) is 0.980. The lowest BCUT2D eigenvalue weighted by Crippen LogP contribution is -2.27. The molecule has 0 spiro atoms. The third-order valence-corrected chi connectivity index (χ3v) is 5.64. The maximum absolute atomic E-state index is 13.3. The molecular formula is C23H16F3NO3S. The summed E-state index contributed by atoms with van der Waals surface area (Å²) in [5.74, 6) is -0.255. The molecule has 0 atom stereocenters. The number of thioether (sulfide) groups is 1. The number of carbonyl (C=O) groups excluding carboxylic acids is 2. The van der Waals surface area contributed by atoms with Crippen LogP contribution in [0.25, 0.3) is 17.4 Å². The summed E-state index contributed by atoms with van der Waals surface area (Å²) in [6.45, 7) is 2.09. The van der Waals surface area contributed by atoms with Crippen LogP contribution < -0.4 is 0 Å². The smallest absolute Gasteiger partial charge is 0.417 e. The van der Waals surface area contributed by atoms with E-state index in [9.17, 15) is 22.8 Å². The fraction of sp³-hybridized carbons (Fsp3) is 0.130. The molecule has 31 heavy (non-hydrogen) atoms. The predicted molar refractivity (Wildman–Crippen MR) is 112 cm³/mol. The summed E-state index contributed by atoms with van der Waals surface area (Å²) in [4.78, 5) is 26.3. The van der Waals surface area contributed by atoms with Gasteiger partial charge in [-0.25, -0.2) is 0 Å². The number of imide groups is 1. The molecule has 1 aliphatic rings. The second kappa shape index (κ2) is 8.11. The Morgan fingerprint density at radius 3 is 2.42 bits per heavy atom. The largest absolute Gasteiger partial charge is 0.457 e. The van der Waals surface area contributed by atoms with Crippen LogP contribution in [0.1, 0.15) is 22.5 Å². The van der Waals surface area contributed by atoms with Gasteiger partial charge in [-0.15, -0.1) is 0 Å². The zero-order valence-electron chi connectivity index (χ0n) is 16.3. The van der Waals surface area contributed by atoms with Crippen molar-refractivity contribution in [1.29, 1.82) is 0 Å². The maximum atomic E-state index is 13.3. The van der Waals surface area contributed by atoms with Crippen molar-refractivity contribution in [1.82, 2.24) is 4.90 Å². The highest BCUT2D eigenvalue weighted by molar-refractivity contribution is 8.18. The van der Waals surface area contributed by atoms with Crippen molar-refractivity contribution in [3.8, 4) is 11.3 Å². The molecule has 1 aliphatic heterocycles. The Morgan fingerprint density at radius 1 is 1.00 bits per heavy atom. The summed E-state index contributed by atoms with van der Waals surface area (Å²) in [7, 11) is 0. The molecule has 4 rings (SSSR count). The van der Waals surface area contributed by atoms with Crippen LogP contribution in [0, 0.1) is 6.92 Å². The lowest BCUT2D eigenvalue weighted by Gasteiger charge is -2.12. The topological polar surface area (TPSA) is 50.5 Å². The van der Waals surface area contributed by atoms with Gasteiger partial charge < -0.3 is 4.42 Å². The van der Waals surface area contributed by atoms with E-state index in [4.69, 9.17) is 4.42 Å². The molecule has 4 nitrogen and oxygen atoms in total. The second-order valence-electron chi connectivity index (χ2n) is 7.00. The van der Waals surface area contributed by atoms with Gasteiger partial charge in [-0.1, -0.05) is 48.0 Å². The van der Waals surface area contributed by atoms with Crippen LogP contribution >= 0.6 is 11.8 Å². The van der Waals surface area contributed by atoms with E-state index in [0.29, 0.717) is 0 Å². The van der Waals surface area contributed by atoms with Crippen LogP contribution in [0.2, 0.25) is 0 Å². The molecule has 1 saturated heterocycles. The van der Waals surface area contributed by atoms with Crippen LogP contribution in [0.5, 0.6) is 0 Å². The Kier molecular flexibility index (Phi) is 5.49. The van der Waals surface area contributed by atoms with E-state index in [1.165, 1.54) is 36.4 Å². The second-order valence-corrected chi connectivity index (χ2v) is 7.99. The predicted octanol–water partition coefficient (Wildman–Crippen LogP) is 6.51. The first-order chi connectivity index (χ1) is 14.7. The van der Waals surface area contributed by atoms with Gasteiger partial charge in [0, 0.05) is 11.6 Å². The minimum absolute atomic E-state index is 0.0260. The quantitative estimate of drug-likeness (QED) is 0.431. The molecule has 3 aromatic rings. The van der Waals surface area contributed by atoms with Gasteiger partial charge in [0.2, 0.25) is 0 Å². The number of amides is 2. The van der Waals surface area contributed by atoms with Gasteiger partial charge >= 0.3 is 6.18 Å². The van der Waals surface area contributed by atoms with Crippen LogP contribution in [0.4, 0.5) is 18.0 Å². The highest BCUT2D eigenvalue weighted by Crippen LogP contribution is 2.38. The normalized spacial score (nSPS) is 15.9. The van der Waals surface area contributed by atoms with Gasteiger partial charge in [-0.2, -0.15) is 13.2 Å². The average Bonchev–Trinajstić information content (AvgIpc) is 3.29. The van der Waals surface area contributed by atoms with E-state index in [1.807, 2.05) is 31.2 Å². The number of rotatable bonds is 4. The molecule has 2 heterocycles. The Hall–Kier alpha value is -3.26. The first-order valence-corrected chi connectivity index (χ1v) is 10.1. The number of benzene rings is 2. The molecular weight excluding hydrogens is 427 g/mol. The summed E-state index contributed by atoms with van der Waals surface area (Å²) in [5, 5.41) is -0.411. The standard InChI is InChI=1S/C23H16F3NO3S/c1-14-6-8-15(9-7-14)13-27-21(28)20(31-22(27)29)12-16-10-11-19(30-16)17-4-2-3-5-18(17)23(24,25)26/h2-12H,13H2,1H3/b20-12-. The summed E-state index contributed by atoms with van der Waals surface area (Å²) < 4.78 is 45.3. The monoisotopic (exact) mass is 443 g/mol. The van der Waals surface area contributed by atoms with Gasteiger partial charge in [-0.05, 0) is 42.4 Å². The first kappa shape index (κ1) is 21.0. The number of halogens is 3. The average molecular weight is 443 g/mol. The van der Waals surface area contributed by atoms with Crippen molar-refractivity contribution >= 4 is 29.0 Å². The van der Waals surface area contributed by atoms with E-state index >= 15 is 0 Å². The van der Waals surface area contributed by atoms with Crippen molar-refractivity contribution in [3.63, 3.8) is 0 Å². The van der Waals surface area contributed by atoms with Crippen LogP contribution in [-0.2, 0) is 17.5 Å². The minimum Gasteiger partial charge on any atom is -0.457 e. The van der Waals surface area contributed by atoms with Crippen LogP contribution in [0.3, 0.4) is 0 Å². The van der Waals surface area contributed by atoms with Crippen molar-refractivity contribution < 1.29 is 27.2 Å². The molecule has 1 aromatic heterocycles. The summed E-state index contributed by atoms with van der Waals surface area (Å²) >= 11 is 0.770. The van der Waals surface area contributed by atoms with E-state index in [-0.39, 0.29) is 28.5 Å². The molecule has 2 amide bonds. The van der Waals surface area contributed by atoms with Gasteiger partial charge in [0.05, 0.1) is 17.0 Å². The van der Waals surface area contributed by atoms with Crippen LogP contribution in [0.15, 0.2) is 70.0 Å². The number of nitrogens with zero attached hydrogens (tertiary/aromatic N) is 1. The zero-order valence-corrected chi connectivity index (χ0v) is 17.1. The molecule has 0 N–H and O–H groups in total. The maximum Gasteiger partial charge on any atom is 0.417 e.